The zero-order valence-corrected chi connectivity index (χ0v) is 23.1. The fourth-order valence-electron chi connectivity index (χ4n) is 4.68. The van der Waals surface area contributed by atoms with E-state index in [0.717, 1.165) is 4.57 Å². The number of ether oxygens (including phenoxy) is 2. The van der Waals surface area contributed by atoms with Gasteiger partial charge in [0.1, 0.15) is 18.6 Å². The number of aliphatic hydroxyl groups excluding tert-OH is 3. The SMILES string of the molecule is Nc1nc2c(ccn2[C@@H]2O[C@H](CO)C(O)[C@@H]2F)c(=O)[nH]1.Nc1nc2c(ccn2[C@@H]2O[C@H](OOP(O)CO)C[C@]2(O)F)c(=O)[nH]1. The number of nitrogens with zero attached hydrogens (tertiary/aromatic N) is 4. The van der Waals surface area contributed by atoms with Crippen molar-refractivity contribution in [3.63, 3.8) is 0 Å². The molecule has 4 aromatic rings. The minimum atomic E-state index is -2.86. The summed E-state index contributed by atoms with van der Waals surface area (Å²) in [5.74, 6) is -3.15. The van der Waals surface area contributed by atoms with Gasteiger partial charge in [0.15, 0.2) is 36.2 Å². The van der Waals surface area contributed by atoms with Crippen molar-refractivity contribution in [2.24, 2.45) is 0 Å². The Bertz CT molecular complexity index is 1750. The van der Waals surface area contributed by atoms with Crippen molar-refractivity contribution in [2.45, 2.75) is 49.4 Å². The van der Waals surface area contributed by atoms with Crippen LogP contribution in [0.4, 0.5) is 20.7 Å². The van der Waals surface area contributed by atoms with Crippen LogP contribution in [0.15, 0.2) is 34.1 Å². The summed E-state index contributed by atoms with van der Waals surface area (Å²) in [6.07, 6.45) is -6.91. The lowest BCUT2D eigenvalue weighted by Gasteiger charge is -2.21. The highest BCUT2D eigenvalue weighted by molar-refractivity contribution is 7.45. The van der Waals surface area contributed by atoms with Crippen LogP contribution < -0.4 is 22.6 Å². The lowest BCUT2D eigenvalue weighted by Crippen LogP contribution is -2.30. The first-order valence-corrected chi connectivity index (χ1v) is 14.0. The number of alkyl halides is 2. The maximum atomic E-state index is 14.4. The first-order chi connectivity index (χ1) is 20.8. The Hall–Kier alpha value is -3.63. The molecule has 0 radical (unpaired) electrons. The van der Waals surface area contributed by atoms with Gasteiger partial charge in [-0.25, -0.2) is 8.78 Å². The molecule has 0 aliphatic carbocycles. The number of hydrogen-bond acceptors (Lipinski definition) is 15. The number of anilines is 2. The smallest absolute Gasteiger partial charge is 0.261 e. The van der Waals surface area contributed by atoms with Crippen molar-refractivity contribution in [1.82, 2.24) is 29.1 Å². The Morgan fingerprint density at radius 2 is 1.64 bits per heavy atom. The van der Waals surface area contributed by atoms with Gasteiger partial charge >= 0.3 is 0 Å². The van der Waals surface area contributed by atoms with Crippen molar-refractivity contribution in [3.8, 4) is 0 Å². The van der Waals surface area contributed by atoms with Gasteiger partial charge in [0.25, 0.3) is 17.0 Å². The summed E-state index contributed by atoms with van der Waals surface area (Å²) in [6, 6.07) is 2.82. The second-order valence-electron chi connectivity index (χ2n) is 9.61. The van der Waals surface area contributed by atoms with E-state index in [2.05, 4.69) is 29.5 Å². The van der Waals surface area contributed by atoms with Gasteiger partial charge in [0.2, 0.25) is 20.3 Å². The van der Waals surface area contributed by atoms with Gasteiger partial charge in [-0.3, -0.25) is 19.6 Å². The molecule has 19 nitrogen and oxygen atoms in total. The molecule has 0 bridgehead atoms. The number of aromatic amines is 2. The van der Waals surface area contributed by atoms with Crippen molar-refractivity contribution in [2.75, 3.05) is 24.4 Å². The van der Waals surface area contributed by atoms with E-state index < -0.39 is 81.8 Å². The lowest BCUT2D eigenvalue weighted by atomic mass is 10.1. The highest BCUT2D eigenvalue weighted by Gasteiger charge is 2.51. The van der Waals surface area contributed by atoms with Crippen LogP contribution in [0.3, 0.4) is 0 Å². The predicted molar refractivity (Wildman–Crippen MR) is 144 cm³/mol. The number of nitrogen functional groups attached to an aromatic ring is 2. The van der Waals surface area contributed by atoms with Gasteiger partial charge in [-0.15, -0.1) is 0 Å². The quantitative estimate of drug-likeness (QED) is 0.0614. The van der Waals surface area contributed by atoms with Gasteiger partial charge in [0.05, 0.1) is 23.8 Å². The van der Waals surface area contributed by atoms with Gasteiger partial charge in [0, 0.05) is 12.4 Å². The topological polar surface area (TPSA) is 291 Å². The largest absolute Gasteiger partial charge is 0.394 e. The summed E-state index contributed by atoms with van der Waals surface area (Å²) in [4.78, 5) is 49.7. The van der Waals surface area contributed by atoms with Crippen LogP contribution in [0.1, 0.15) is 18.9 Å². The van der Waals surface area contributed by atoms with Gasteiger partial charge in [-0.05, 0) is 12.1 Å². The molecule has 11 N–H and O–H groups in total. The molecule has 0 spiro atoms. The van der Waals surface area contributed by atoms with Crippen LogP contribution in [0.25, 0.3) is 22.1 Å². The Morgan fingerprint density at radius 3 is 2.18 bits per heavy atom. The van der Waals surface area contributed by atoms with E-state index in [4.69, 9.17) is 36.0 Å². The normalized spacial score (nSPS) is 29.2. The van der Waals surface area contributed by atoms with Crippen molar-refractivity contribution >= 4 is 42.3 Å². The standard InChI is InChI=1S/C11H14FN4O7P.C11H13FN4O4/c12-11(19)3-6(22-23-24(20)4-17)21-9(11)16-2-1-5-7(16)14-10(13)15-8(5)18;12-6-7(18)5(3-17)20-10(6)16-2-1-4-8(16)14-11(13)15-9(4)19/h1-2,6,9,17,19-20H,3-4H2,(H3,13,14,15,18);1-2,5-7,10,17-18H,3H2,(H3,13,14,15,19)/t6-,9-,11-,24?;5-,6+,7?,10-/m11/s1. The van der Waals surface area contributed by atoms with Gasteiger partial charge in [-0.1, -0.05) is 0 Å². The number of H-pyrrole nitrogens is 2. The average Bonchev–Trinajstić information content (AvgIpc) is 3.72. The minimum Gasteiger partial charge on any atom is -0.394 e. The summed E-state index contributed by atoms with van der Waals surface area (Å²) in [6.45, 7) is -0.507. The molecule has 2 aliphatic heterocycles. The summed E-state index contributed by atoms with van der Waals surface area (Å²) in [7, 11) is -2.25. The van der Waals surface area contributed by atoms with E-state index in [-0.39, 0.29) is 34.0 Å². The van der Waals surface area contributed by atoms with E-state index >= 15 is 0 Å². The molecule has 6 rings (SSSR count). The summed E-state index contributed by atoms with van der Waals surface area (Å²) < 4.78 is 45.8. The maximum absolute atomic E-state index is 14.4. The third-order valence-electron chi connectivity index (χ3n) is 6.67. The zero-order valence-electron chi connectivity index (χ0n) is 22.2. The van der Waals surface area contributed by atoms with E-state index in [9.17, 15) is 28.6 Å². The lowest BCUT2D eigenvalue weighted by molar-refractivity contribution is -0.318. The maximum Gasteiger partial charge on any atom is 0.261 e. The van der Waals surface area contributed by atoms with Gasteiger partial charge < -0.3 is 55.4 Å². The predicted octanol–water partition coefficient (Wildman–Crippen LogP) is -1.69. The van der Waals surface area contributed by atoms with Gasteiger partial charge in [-0.2, -0.15) is 19.5 Å². The molecule has 6 heterocycles. The number of aliphatic hydroxyl groups is 4. The number of aromatic nitrogens is 6. The minimum absolute atomic E-state index is 0.0126. The third-order valence-corrected chi connectivity index (χ3v) is 7.17. The molecule has 2 unspecified atom stereocenters. The second kappa shape index (κ2) is 12.4. The molecule has 0 aromatic carbocycles. The molecule has 2 saturated heterocycles. The number of rotatable bonds is 7. The zero-order chi connectivity index (χ0) is 31.9. The second-order valence-corrected chi connectivity index (χ2v) is 10.7. The van der Waals surface area contributed by atoms with Crippen LogP contribution in [-0.2, 0) is 19.0 Å². The fraction of sp³-hybridized carbons (Fsp3) is 0.455. The van der Waals surface area contributed by atoms with E-state index in [1.54, 1.807) is 0 Å². The molecule has 240 valence electrons. The molecule has 0 saturated carbocycles. The monoisotopic (exact) mass is 648 g/mol. The Morgan fingerprint density at radius 1 is 1.07 bits per heavy atom. The molecule has 2 fully saturated rings. The van der Waals surface area contributed by atoms with Crippen molar-refractivity contribution in [1.29, 1.82) is 0 Å². The molecule has 0 amide bonds. The summed E-state index contributed by atoms with van der Waals surface area (Å²) in [5.41, 5.74) is 10.1. The highest BCUT2D eigenvalue weighted by Crippen LogP contribution is 2.42. The number of hydrogen-bond donors (Lipinski definition) is 9. The Labute approximate surface area is 244 Å². The Kier molecular flexibility index (Phi) is 8.96. The summed E-state index contributed by atoms with van der Waals surface area (Å²) in [5, 5.41) is 37.6. The van der Waals surface area contributed by atoms with Crippen LogP contribution in [-0.4, -0.2) is 97.9 Å². The Balaban J connectivity index is 0.000000177. The van der Waals surface area contributed by atoms with Crippen LogP contribution in [0.5, 0.6) is 0 Å². The van der Waals surface area contributed by atoms with Crippen molar-refractivity contribution in [3.05, 3.63) is 45.2 Å². The van der Waals surface area contributed by atoms with E-state index in [1.807, 2.05) is 0 Å². The summed E-state index contributed by atoms with van der Waals surface area (Å²) >= 11 is 0. The number of nitrogens with one attached hydrogen (secondary N) is 2. The van der Waals surface area contributed by atoms with E-state index in [0.29, 0.717) is 0 Å². The first kappa shape index (κ1) is 31.8. The highest BCUT2D eigenvalue weighted by atomic mass is 31.2. The first-order valence-electron chi connectivity index (χ1n) is 12.6. The molecule has 2 aliphatic rings. The number of nitrogens with two attached hydrogens (primary N) is 2. The third kappa shape index (κ3) is 6.02. The van der Waals surface area contributed by atoms with Crippen molar-refractivity contribution < 1.29 is 53.1 Å². The fourth-order valence-corrected chi connectivity index (χ4v) is 4.92. The molecule has 4 aromatic heterocycles. The van der Waals surface area contributed by atoms with Crippen LogP contribution >= 0.6 is 8.38 Å². The molecule has 22 heteroatoms. The number of fused-ring (bicyclic) bond motifs is 2. The molecule has 8 atom stereocenters. The number of halogens is 2. The van der Waals surface area contributed by atoms with Crippen LogP contribution in [0.2, 0.25) is 0 Å². The molecular formula is C22H27F2N8O11P. The average molecular weight is 648 g/mol. The molecular weight excluding hydrogens is 621 g/mol. The van der Waals surface area contributed by atoms with E-state index in [1.165, 1.54) is 29.1 Å². The van der Waals surface area contributed by atoms with Crippen LogP contribution in [0, 0.1) is 0 Å². The molecule has 44 heavy (non-hydrogen) atoms.